The Bertz CT molecular complexity index is 1150. The fourth-order valence-corrected chi connectivity index (χ4v) is 3.80. The fraction of sp³-hybridized carbons (Fsp3) is 0.476. The molecule has 1 aliphatic heterocycles. The van der Waals surface area contributed by atoms with Crippen molar-refractivity contribution in [1.29, 1.82) is 0 Å². The summed E-state index contributed by atoms with van der Waals surface area (Å²) < 4.78 is 1.31. The van der Waals surface area contributed by atoms with E-state index in [-0.39, 0.29) is 30.0 Å². The summed E-state index contributed by atoms with van der Waals surface area (Å²) in [7, 11) is 0. The third-order valence-electron chi connectivity index (χ3n) is 5.38. The average molecular weight is 439 g/mol. The van der Waals surface area contributed by atoms with E-state index in [1.807, 2.05) is 0 Å². The molecule has 1 fully saturated rings. The van der Waals surface area contributed by atoms with Crippen LogP contribution in [-0.2, 0) is 14.4 Å². The molecule has 1 atom stereocenters. The van der Waals surface area contributed by atoms with Gasteiger partial charge in [-0.25, -0.2) is 4.98 Å². The second kappa shape index (κ2) is 10.5. The number of imide groups is 1. The van der Waals surface area contributed by atoms with E-state index in [1.165, 1.54) is 4.57 Å². The first-order chi connectivity index (χ1) is 15.4. The third-order valence-corrected chi connectivity index (χ3v) is 5.38. The van der Waals surface area contributed by atoms with Crippen LogP contribution in [0.1, 0.15) is 56.8 Å². The molecule has 1 aliphatic rings. The summed E-state index contributed by atoms with van der Waals surface area (Å²) in [5.41, 5.74) is 8.65. The van der Waals surface area contributed by atoms with Gasteiger partial charge >= 0.3 is 0 Å². The largest absolute Gasteiger partial charge is 0.324 e. The van der Waals surface area contributed by atoms with Gasteiger partial charge in [0.05, 0.1) is 11.1 Å². The van der Waals surface area contributed by atoms with Crippen LogP contribution in [0.2, 0.25) is 0 Å². The van der Waals surface area contributed by atoms with Crippen molar-refractivity contribution in [3.05, 3.63) is 44.8 Å². The van der Waals surface area contributed by atoms with Gasteiger partial charge in [0.25, 0.3) is 5.56 Å². The van der Waals surface area contributed by atoms with E-state index in [1.54, 1.807) is 25.1 Å². The lowest BCUT2D eigenvalue weighted by Gasteiger charge is -2.24. The standard InChI is InChI=1S/C21H25N7O4/c1-13-24-19-14(21(32)28(13)16-10-11-18(30)26-20(16)31)7-6-8-15(19)25-17(29)9-4-2-3-5-12-23-27-22/h6-8,16H,2-5,9-12H2,1H3,(H,25,29)(H,26,30,31). The van der Waals surface area contributed by atoms with Gasteiger partial charge in [0.1, 0.15) is 17.4 Å². The van der Waals surface area contributed by atoms with Crippen molar-refractivity contribution in [3.8, 4) is 0 Å². The number of amides is 3. The van der Waals surface area contributed by atoms with E-state index in [4.69, 9.17) is 5.53 Å². The van der Waals surface area contributed by atoms with Gasteiger partial charge in [0, 0.05) is 24.3 Å². The number of unbranched alkanes of at least 4 members (excludes halogenated alkanes) is 3. The Kier molecular flexibility index (Phi) is 7.56. The number of benzene rings is 1. The van der Waals surface area contributed by atoms with Crippen molar-refractivity contribution in [2.24, 2.45) is 5.11 Å². The minimum Gasteiger partial charge on any atom is -0.324 e. The number of carbonyl (C=O) groups excluding carboxylic acids is 3. The minimum atomic E-state index is -0.797. The minimum absolute atomic E-state index is 0.155. The molecule has 2 heterocycles. The van der Waals surface area contributed by atoms with Crippen LogP contribution in [-0.4, -0.2) is 33.8 Å². The summed E-state index contributed by atoms with van der Waals surface area (Å²) >= 11 is 0. The summed E-state index contributed by atoms with van der Waals surface area (Å²) in [6.45, 7) is 2.08. The Hall–Kier alpha value is -3.72. The van der Waals surface area contributed by atoms with Gasteiger partial charge in [-0.05, 0) is 43.9 Å². The molecular formula is C21H25N7O4. The van der Waals surface area contributed by atoms with E-state index >= 15 is 0 Å². The zero-order chi connectivity index (χ0) is 23.1. The van der Waals surface area contributed by atoms with Gasteiger partial charge in [-0.1, -0.05) is 24.0 Å². The number of hydrogen-bond donors (Lipinski definition) is 2. The van der Waals surface area contributed by atoms with Gasteiger partial charge in [-0.3, -0.25) is 29.1 Å². The Labute approximate surface area is 183 Å². The molecule has 168 valence electrons. The first kappa shape index (κ1) is 23.0. The van der Waals surface area contributed by atoms with Crippen molar-refractivity contribution >= 4 is 34.3 Å². The molecule has 3 amide bonds. The monoisotopic (exact) mass is 439 g/mol. The molecule has 1 aromatic heterocycles. The number of azide groups is 1. The predicted molar refractivity (Wildman–Crippen MR) is 118 cm³/mol. The predicted octanol–water partition coefficient (Wildman–Crippen LogP) is 2.88. The molecular weight excluding hydrogens is 414 g/mol. The molecule has 0 spiro atoms. The SMILES string of the molecule is Cc1nc2c(NC(=O)CCCCCCN=[N+]=[N-])cccc2c(=O)n1C1CCC(=O)NC1=O. The van der Waals surface area contributed by atoms with Crippen molar-refractivity contribution in [2.75, 3.05) is 11.9 Å². The summed E-state index contributed by atoms with van der Waals surface area (Å²) in [5, 5.41) is 8.85. The summed E-state index contributed by atoms with van der Waals surface area (Å²) in [6.07, 6.45) is 3.92. The van der Waals surface area contributed by atoms with Crippen LogP contribution < -0.4 is 16.2 Å². The van der Waals surface area contributed by atoms with Crippen molar-refractivity contribution in [2.45, 2.75) is 57.9 Å². The number of rotatable bonds is 9. The molecule has 3 rings (SSSR count). The van der Waals surface area contributed by atoms with E-state index in [2.05, 4.69) is 25.6 Å². The van der Waals surface area contributed by atoms with Gasteiger partial charge in [-0.2, -0.15) is 0 Å². The van der Waals surface area contributed by atoms with Crippen LogP contribution in [0.15, 0.2) is 28.1 Å². The second-order valence-electron chi connectivity index (χ2n) is 7.67. The molecule has 2 N–H and O–H groups in total. The number of hydrogen-bond acceptors (Lipinski definition) is 6. The Balaban J connectivity index is 1.74. The zero-order valence-corrected chi connectivity index (χ0v) is 17.8. The number of fused-ring (bicyclic) bond motifs is 1. The number of anilines is 1. The van der Waals surface area contributed by atoms with Crippen LogP contribution in [0.25, 0.3) is 21.3 Å². The lowest BCUT2D eigenvalue weighted by Crippen LogP contribution is -2.45. The number of carbonyl (C=O) groups is 3. The summed E-state index contributed by atoms with van der Waals surface area (Å²) in [6, 6.07) is 4.14. The fourth-order valence-electron chi connectivity index (χ4n) is 3.80. The van der Waals surface area contributed by atoms with E-state index < -0.39 is 17.5 Å². The Morgan fingerprint density at radius 2 is 2.06 bits per heavy atom. The van der Waals surface area contributed by atoms with E-state index in [9.17, 15) is 19.2 Å². The van der Waals surface area contributed by atoms with Crippen LogP contribution in [0.4, 0.5) is 5.69 Å². The molecule has 1 unspecified atom stereocenters. The molecule has 32 heavy (non-hydrogen) atoms. The number of aromatic nitrogens is 2. The van der Waals surface area contributed by atoms with Gasteiger partial charge < -0.3 is 5.32 Å². The van der Waals surface area contributed by atoms with Crippen molar-refractivity contribution < 1.29 is 14.4 Å². The highest BCUT2D eigenvalue weighted by atomic mass is 16.2. The number of aryl methyl sites for hydroxylation is 1. The molecule has 2 aromatic rings. The molecule has 0 radical (unpaired) electrons. The first-order valence-corrected chi connectivity index (χ1v) is 10.6. The number of para-hydroxylation sites is 1. The zero-order valence-electron chi connectivity index (χ0n) is 17.8. The van der Waals surface area contributed by atoms with Gasteiger partial charge in [0.2, 0.25) is 17.7 Å². The lowest BCUT2D eigenvalue weighted by molar-refractivity contribution is -0.135. The molecule has 0 bridgehead atoms. The van der Waals surface area contributed by atoms with Gasteiger partial charge in [-0.15, -0.1) is 0 Å². The van der Waals surface area contributed by atoms with E-state index in [0.29, 0.717) is 36.4 Å². The summed E-state index contributed by atoms with van der Waals surface area (Å²) in [5.74, 6) is -0.720. The highest BCUT2D eigenvalue weighted by Crippen LogP contribution is 2.23. The maximum absolute atomic E-state index is 13.1. The molecule has 11 heteroatoms. The Morgan fingerprint density at radius 3 is 2.81 bits per heavy atom. The van der Waals surface area contributed by atoms with Gasteiger partial charge in [0.15, 0.2) is 0 Å². The number of piperidine rings is 1. The van der Waals surface area contributed by atoms with Crippen molar-refractivity contribution in [1.82, 2.24) is 14.9 Å². The second-order valence-corrected chi connectivity index (χ2v) is 7.67. The smallest absolute Gasteiger partial charge is 0.262 e. The van der Waals surface area contributed by atoms with Crippen LogP contribution in [0.3, 0.4) is 0 Å². The maximum Gasteiger partial charge on any atom is 0.262 e. The molecule has 0 saturated carbocycles. The topological polar surface area (TPSA) is 159 Å². The van der Waals surface area contributed by atoms with Crippen molar-refractivity contribution in [3.63, 3.8) is 0 Å². The number of nitrogens with one attached hydrogen (secondary N) is 2. The molecule has 1 aromatic carbocycles. The number of nitrogens with zero attached hydrogens (tertiary/aromatic N) is 5. The maximum atomic E-state index is 13.1. The third kappa shape index (κ3) is 5.30. The van der Waals surface area contributed by atoms with Crippen LogP contribution in [0, 0.1) is 6.92 Å². The normalized spacial score (nSPS) is 15.8. The molecule has 1 saturated heterocycles. The summed E-state index contributed by atoms with van der Waals surface area (Å²) in [4.78, 5) is 56.4. The average Bonchev–Trinajstić information content (AvgIpc) is 2.75. The Morgan fingerprint density at radius 1 is 1.28 bits per heavy atom. The quantitative estimate of drug-likeness (QED) is 0.202. The highest BCUT2D eigenvalue weighted by molar-refractivity contribution is 6.01. The first-order valence-electron chi connectivity index (χ1n) is 10.6. The van der Waals surface area contributed by atoms with Crippen LogP contribution in [0.5, 0.6) is 0 Å². The van der Waals surface area contributed by atoms with Crippen LogP contribution >= 0.6 is 0 Å². The highest BCUT2D eigenvalue weighted by Gasteiger charge is 2.30. The molecule has 11 nitrogen and oxygen atoms in total. The molecule has 0 aliphatic carbocycles. The van der Waals surface area contributed by atoms with E-state index in [0.717, 1.165) is 19.3 Å². The lowest BCUT2D eigenvalue weighted by atomic mass is 10.1.